The lowest BCUT2D eigenvalue weighted by molar-refractivity contribution is -0.133. The Morgan fingerprint density at radius 1 is 1.26 bits per heavy atom. The van der Waals surface area contributed by atoms with E-state index in [0.29, 0.717) is 18.9 Å². The first-order valence-electron chi connectivity index (χ1n) is 11.0. The molecule has 186 valence electrons. The van der Waals surface area contributed by atoms with Crippen molar-refractivity contribution in [1.82, 2.24) is 14.8 Å². The lowest BCUT2D eigenvalue weighted by atomic mass is 9.83. The van der Waals surface area contributed by atoms with E-state index < -0.39 is 35.3 Å². The minimum atomic E-state index is -4.92. The number of aromatic nitrogens is 1. The molecule has 1 atom stereocenters. The molecular formula is C24H25F4N5O2. The third kappa shape index (κ3) is 5.08. The Hall–Kier alpha value is -3.63. The Balaban J connectivity index is 1.74. The molecule has 7 nitrogen and oxygen atoms in total. The summed E-state index contributed by atoms with van der Waals surface area (Å²) in [6, 6.07) is 0.0198. The number of nitrogens with zero attached hydrogens (tertiary/aromatic N) is 4. The van der Waals surface area contributed by atoms with Crippen LogP contribution in [0.25, 0.3) is 0 Å². The van der Waals surface area contributed by atoms with Gasteiger partial charge in [0.15, 0.2) is 11.7 Å². The maximum absolute atomic E-state index is 14.5. The Morgan fingerprint density at radius 3 is 2.57 bits per heavy atom. The predicted molar refractivity (Wildman–Crippen MR) is 123 cm³/mol. The first-order valence-corrected chi connectivity index (χ1v) is 11.0. The Morgan fingerprint density at radius 2 is 1.94 bits per heavy atom. The summed E-state index contributed by atoms with van der Waals surface area (Å²) in [4.78, 5) is 22.8. The van der Waals surface area contributed by atoms with Gasteiger partial charge in [-0.1, -0.05) is 20.4 Å². The number of aromatic carboxylic acids is 1. The second-order valence-corrected chi connectivity index (χ2v) is 9.39. The van der Waals surface area contributed by atoms with Crippen LogP contribution in [-0.4, -0.2) is 57.0 Å². The van der Waals surface area contributed by atoms with Crippen LogP contribution < -0.4 is 5.32 Å². The number of alkyl halides is 3. The van der Waals surface area contributed by atoms with Gasteiger partial charge in [-0.05, 0) is 36.5 Å². The summed E-state index contributed by atoms with van der Waals surface area (Å²) in [7, 11) is 0. The fraction of sp³-hybridized carbons (Fsp3) is 0.375. The van der Waals surface area contributed by atoms with Crippen molar-refractivity contribution in [3.8, 4) is 0 Å². The highest BCUT2D eigenvalue weighted by atomic mass is 19.4. The molecule has 1 saturated heterocycles. The van der Waals surface area contributed by atoms with Gasteiger partial charge in [-0.2, -0.15) is 13.2 Å². The number of carbonyl (C=O) groups is 1. The van der Waals surface area contributed by atoms with E-state index in [2.05, 4.69) is 35.7 Å². The van der Waals surface area contributed by atoms with Crippen LogP contribution in [0.3, 0.4) is 0 Å². The second-order valence-electron chi connectivity index (χ2n) is 9.39. The van der Waals surface area contributed by atoms with Gasteiger partial charge in [0.2, 0.25) is 0 Å². The zero-order valence-electron chi connectivity index (χ0n) is 19.2. The van der Waals surface area contributed by atoms with E-state index in [1.165, 1.54) is 17.0 Å². The molecule has 4 heterocycles. The summed E-state index contributed by atoms with van der Waals surface area (Å²) in [5.41, 5.74) is -1.02. The summed E-state index contributed by atoms with van der Waals surface area (Å²) >= 11 is 0. The Kier molecular flexibility index (Phi) is 6.20. The van der Waals surface area contributed by atoms with Crippen molar-refractivity contribution in [1.29, 1.82) is 0 Å². The normalized spacial score (nSPS) is 20.8. The molecule has 0 amide bonds. The zero-order valence-corrected chi connectivity index (χ0v) is 19.2. The number of piperidine rings is 1. The van der Waals surface area contributed by atoms with Crippen molar-refractivity contribution in [3.05, 3.63) is 71.9 Å². The van der Waals surface area contributed by atoms with Crippen molar-refractivity contribution < 1.29 is 27.5 Å². The third-order valence-corrected chi connectivity index (χ3v) is 6.25. The van der Waals surface area contributed by atoms with Gasteiger partial charge < -0.3 is 15.3 Å². The highest BCUT2D eigenvalue weighted by Gasteiger charge is 2.46. The van der Waals surface area contributed by atoms with Gasteiger partial charge >= 0.3 is 12.1 Å². The summed E-state index contributed by atoms with van der Waals surface area (Å²) < 4.78 is 57.5. The van der Waals surface area contributed by atoms with Gasteiger partial charge in [-0.25, -0.2) is 19.2 Å². The zero-order chi connectivity index (χ0) is 25.5. The second kappa shape index (κ2) is 8.86. The molecule has 2 N–H and O–H groups in total. The fourth-order valence-corrected chi connectivity index (χ4v) is 4.17. The van der Waals surface area contributed by atoms with Crippen LogP contribution in [0.2, 0.25) is 0 Å². The lowest BCUT2D eigenvalue weighted by Gasteiger charge is -2.41. The van der Waals surface area contributed by atoms with E-state index in [1.807, 2.05) is 4.90 Å². The van der Waals surface area contributed by atoms with E-state index in [-0.39, 0.29) is 22.6 Å². The molecule has 0 aromatic carbocycles. The number of carboxylic acid groups (broad SMARTS) is 1. The van der Waals surface area contributed by atoms with Crippen molar-refractivity contribution in [2.75, 3.05) is 18.4 Å². The average molecular weight is 491 g/mol. The molecule has 0 aliphatic carbocycles. The first-order chi connectivity index (χ1) is 16.4. The van der Waals surface area contributed by atoms with Gasteiger partial charge in [-0.3, -0.25) is 4.90 Å². The molecule has 3 aliphatic heterocycles. The number of pyridine rings is 1. The number of anilines is 1. The third-order valence-electron chi connectivity index (χ3n) is 6.25. The van der Waals surface area contributed by atoms with Gasteiger partial charge in [0.05, 0.1) is 5.69 Å². The molecule has 0 bridgehead atoms. The number of likely N-dealkylation sites (tertiary alicyclic amines) is 1. The van der Waals surface area contributed by atoms with Crippen LogP contribution in [0.5, 0.6) is 0 Å². The minimum absolute atomic E-state index is 0.130. The number of carboxylic acids is 1. The molecule has 4 rings (SSSR count). The van der Waals surface area contributed by atoms with Gasteiger partial charge in [0.1, 0.15) is 17.5 Å². The number of allylic oxidation sites excluding steroid dienone is 3. The van der Waals surface area contributed by atoms with E-state index in [0.717, 1.165) is 31.3 Å². The monoisotopic (exact) mass is 491 g/mol. The average Bonchev–Trinajstić information content (AvgIpc) is 2.77. The Labute approximate surface area is 199 Å². The summed E-state index contributed by atoms with van der Waals surface area (Å²) in [5.74, 6) is -2.10. The molecule has 0 spiro atoms. The molecule has 1 fully saturated rings. The summed E-state index contributed by atoms with van der Waals surface area (Å²) in [6.07, 6.45) is 1.41. The van der Waals surface area contributed by atoms with Crippen LogP contribution in [0.4, 0.5) is 23.2 Å². The maximum atomic E-state index is 14.5. The van der Waals surface area contributed by atoms with Crippen LogP contribution in [-0.2, 0) is 0 Å². The number of amidine groups is 1. The van der Waals surface area contributed by atoms with Gasteiger partial charge in [-0.15, -0.1) is 0 Å². The standard InChI is InChI=1S/C24H25F4N5O2/c1-14-11-18(32-9-6-23(2,3)7-10-32)31-21-16(12-15(25)13-33(14)21)20(24(26,27)28)30-17-5-4-8-29-19(17)22(34)35/h4-5,8,11-13,20,30H,1,6-7,9-10H2,2-3H3,(H,34,35)/t20-/m0/s1. The van der Waals surface area contributed by atoms with Crippen molar-refractivity contribution in [2.45, 2.75) is 38.9 Å². The van der Waals surface area contributed by atoms with Crippen molar-refractivity contribution >= 4 is 17.5 Å². The van der Waals surface area contributed by atoms with Crippen molar-refractivity contribution in [2.24, 2.45) is 10.4 Å². The molecule has 0 saturated carbocycles. The first kappa shape index (κ1) is 24.5. The van der Waals surface area contributed by atoms with E-state index >= 15 is 0 Å². The highest BCUT2D eigenvalue weighted by molar-refractivity contribution is 6.04. The fourth-order valence-electron chi connectivity index (χ4n) is 4.17. The summed E-state index contributed by atoms with van der Waals surface area (Å²) in [5, 5.41) is 11.6. The van der Waals surface area contributed by atoms with Crippen LogP contribution in [0.15, 0.2) is 71.2 Å². The largest absolute Gasteiger partial charge is 0.476 e. The maximum Gasteiger partial charge on any atom is 0.412 e. The van der Waals surface area contributed by atoms with Crippen LogP contribution in [0, 0.1) is 5.41 Å². The highest BCUT2D eigenvalue weighted by Crippen LogP contribution is 2.38. The lowest BCUT2D eigenvalue weighted by Crippen LogP contribution is -2.46. The SMILES string of the molecule is C=C1C=C(N2CCC(C)(C)CC2)N=C2C([C@H](Nc3cccnc3C(=O)O)C(F)(F)F)=CC(F)=CN12. The molecule has 1 aromatic rings. The van der Waals surface area contributed by atoms with Crippen molar-refractivity contribution in [3.63, 3.8) is 0 Å². The predicted octanol–water partition coefficient (Wildman–Crippen LogP) is 5.06. The molecular weight excluding hydrogens is 466 g/mol. The summed E-state index contributed by atoms with van der Waals surface area (Å²) in [6.45, 7) is 9.56. The molecule has 0 radical (unpaired) electrons. The number of nitrogens with one attached hydrogen (secondary N) is 1. The molecule has 1 aromatic heterocycles. The number of fused-ring (bicyclic) bond motifs is 1. The van der Waals surface area contributed by atoms with Crippen LogP contribution in [0.1, 0.15) is 37.2 Å². The molecule has 11 heteroatoms. The molecule has 35 heavy (non-hydrogen) atoms. The Bertz CT molecular complexity index is 1170. The number of rotatable bonds is 5. The number of hydrogen-bond acceptors (Lipinski definition) is 6. The van der Waals surface area contributed by atoms with Gasteiger partial charge in [0, 0.05) is 42.8 Å². The van der Waals surface area contributed by atoms with Gasteiger partial charge in [0.25, 0.3) is 0 Å². The minimum Gasteiger partial charge on any atom is -0.476 e. The number of halogens is 4. The van der Waals surface area contributed by atoms with E-state index in [9.17, 15) is 27.5 Å². The molecule has 0 unspecified atom stereocenters. The quantitative estimate of drug-likeness (QED) is 0.561. The smallest absolute Gasteiger partial charge is 0.412 e. The van der Waals surface area contributed by atoms with E-state index in [1.54, 1.807) is 6.08 Å². The topological polar surface area (TPSA) is 81.1 Å². The number of aliphatic imine (C=N–C) groups is 1. The van der Waals surface area contributed by atoms with E-state index in [4.69, 9.17) is 0 Å². The molecule has 3 aliphatic rings. The van der Waals surface area contributed by atoms with Crippen LogP contribution >= 0.6 is 0 Å². The number of hydrogen-bond donors (Lipinski definition) is 2.